The average Bonchev–Trinajstić information content (AvgIpc) is 2.64. The zero-order chi connectivity index (χ0) is 20.7. The van der Waals surface area contributed by atoms with Crippen LogP contribution >= 0.6 is 0 Å². The second kappa shape index (κ2) is 9.51. The van der Waals surface area contributed by atoms with Gasteiger partial charge >= 0.3 is 0 Å². The summed E-state index contributed by atoms with van der Waals surface area (Å²) < 4.78 is 5.58. The minimum atomic E-state index is -0.276. The Morgan fingerprint density at radius 1 is 1.04 bits per heavy atom. The van der Waals surface area contributed by atoms with Gasteiger partial charge < -0.3 is 15.4 Å². The van der Waals surface area contributed by atoms with Crippen molar-refractivity contribution >= 4 is 17.5 Å². The first kappa shape index (κ1) is 21.6. The highest BCUT2D eigenvalue weighted by Gasteiger charge is 2.14. The molecule has 2 amide bonds. The quantitative estimate of drug-likeness (QED) is 0.751. The molecule has 5 heteroatoms. The normalized spacial score (nSPS) is 11.4. The SMILES string of the molecule is CC(C)OCc1cccc(NC(=O)CNC(=O)c2ccc(C(C)(C)C)cc2)c1. The van der Waals surface area contributed by atoms with Crippen LogP contribution in [0.2, 0.25) is 0 Å². The predicted octanol–water partition coefficient (Wildman–Crippen LogP) is 4.28. The topological polar surface area (TPSA) is 67.4 Å². The monoisotopic (exact) mass is 382 g/mol. The molecule has 0 aliphatic carbocycles. The van der Waals surface area contributed by atoms with Crippen LogP contribution in [-0.2, 0) is 21.6 Å². The van der Waals surface area contributed by atoms with Crippen LogP contribution in [0.1, 0.15) is 56.1 Å². The number of benzene rings is 2. The van der Waals surface area contributed by atoms with E-state index in [-0.39, 0.29) is 29.9 Å². The fourth-order valence-electron chi connectivity index (χ4n) is 2.59. The maximum absolute atomic E-state index is 12.3. The molecule has 2 aromatic rings. The molecule has 2 aromatic carbocycles. The Labute approximate surface area is 167 Å². The summed E-state index contributed by atoms with van der Waals surface area (Å²) in [5.41, 5.74) is 3.38. The fourth-order valence-corrected chi connectivity index (χ4v) is 2.59. The van der Waals surface area contributed by atoms with Crippen molar-refractivity contribution in [2.45, 2.75) is 52.7 Å². The molecule has 2 N–H and O–H groups in total. The van der Waals surface area contributed by atoms with Crippen LogP contribution in [-0.4, -0.2) is 24.5 Å². The lowest BCUT2D eigenvalue weighted by Crippen LogP contribution is -2.32. The molecule has 0 aliphatic heterocycles. The van der Waals surface area contributed by atoms with E-state index in [0.29, 0.717) is 17.9 Å². The number of hydrogen-bond acceptors (Lipinski definition) is 3. The molecule has 0 unspecified atom stereocenters. The third-order valence-corrected chi connectivity index (χ3v) is 4.22. The molecule has 0 aliphatic rings. The molecular formula is C23H30N2O3. The average molecular weight is 383 g/mol. The van der Waals surface area contributed by atoms with Crippen LogP contribution in [0.15, 0.2) is 48.5 Å². The number of hydrogen-bond donors (Lipinski definition) is 2. The molecule has 28 heavy (non-hydrogen) atoms. The second-order valence-corrected chi connectivity index (χ2v) is 8.12. The molecule has 0 aromatic heterocycles. The maximum Gasteiger partial charge on any atom is 0.251 e. The van der Waals surface area contributed by atoms with Gasteiger partial charge in [-0.1, -0.05) is 45.0 Å². The van der Waals surface area contributed by atoms with E-state index in [2.05, 4.69) is 31.4 Å². The molecular weight excluding hydrogens is 352 g/mol. The van der Waals surface area contributed by atoms with Crippen molar-refractivity contribution in [3.63, 3.8) is 0 Å². The van der Waals surface area contributed by atoms with Gasteiger partial charge in [0.25, 0.3) is 5.91 Å². The van der Waals surface area contributed by atoms with E-state index in [1.54, 1.807) is 12.1 Å². The van der Waals surface area contributed by atoms with E-state index < -0.39 is 0 Å². The number of nitrogens with one attached hydrogen (secondary N) is 2. The Hall–Kier alpha value is -2.66. The molecule has 0 radical (unpaired) electrons. The van der Waals surface area contributed by atoms with Crippen molar-refractivity contribution < 1.29 is 14.3 Å². The van der Waals surface area contributed by atoms with Crippen molar-refractivity contribution in [1.29, 1.82) is 0 Å². The lowest BCUT2D eigenvalue weighted by Gasteiger charge is -2.19. The second-order valence-electron chi connectivity index (χ2n) is 8.12. The number of rotatable bonds is 7. The summed E-state index contributed by atoms with van der Waals surface area (Å²) in [4.78, 5) is 24.4. The number of anilines is 1. The molecule has 0 atom stereocenters. The minimum absolute atomic E-state index is 0.0314. The van der Waals surface area contributed by atoms with Crippen molar-refractivity contribution in [3.05, 3.63) is 65.2 Å². The van der Waals surface area contributed by atoms with Gasteiger partial charge in [-0.25, -0.2) is 0 Å². The summed E-state index contributed by atoms with van der Waals surface area (Å²) >= 11 is 0. The number of ether oxygens (including phenoxy) is 1. The Morgan fingerprint density at radius 2 is 1.71 bits per heavy atom. The van der Waals surface area contributed by atoms with Crippen LogP contribution in [0.25, 0.3) is 0 Å². The van der Waals surface area contributed by atoms with Crippen molar-refractivity contribution in [3.8, 4) is 0 Å². The highest BCUT2D eigenvalue weighted by Crippen LogP contribution is 2.22. The third-order valence-electron chi connectivity index (χ3n) is 4.22. The van der Waals surface area contributed by atoms with Gasteiger partial charge in [0.2, 0.25) is 5.91 Å². The van der Waals surface area contributed by atoms with Gasteiger partial charge in [-0.3, -0.25) is 9.59 Å². The third kappa shape index (κ3) is 6.82. The van der Waals surface area contributed by atoms with Gasteiger partial charge in [0.05, 0.1) is 19.3 Å². The summed E-state index contributed by atoms with van der Waals surface area (Å²) in [5, 5.41) is 5.45. The first-order valence-electron chi connectivity index (χ1n) is 9.54. The molecule has 0 saturated carbocycles. The number of carbonyl (C=O) groups excluding carboxylic acids is 2. The van der Waals surface area contributed by atoms with Crippen molar-refractivity contribution in [2.75, 3.05) is 11.9 Å². The van der Waals surface area contributed by atoms with E-state index >= 15 is 0 Å². The number of amides is 2. The van der Waals surface area contributed by atoms with E-state index in [4.69, 9.17) is 4.74 Å². The molecule has 150 valence electrons. The van der Waals surface area contributed by atoms with E-state index in [1.807, 2.05) is 50.2 Å². The molecule has 0 fully saturated rings. The van der Waals surface area contributed by atoms with Gasteiger partial charge in [0.15, 0.2) is 0 Å². The summed E-state index contributed by atoms with van der Waals surface area (Å²) in [6.45, 7) is 10.7. The molecule has 2 rings (SSSR count). The minimum Gasteiger partial charge on any atom is -0.374 e. The molecule has 0 bridgehead atoms. The van der Waals surface area contributed by atoms with Gasteiger partial charge in [-0.05, 0) is 54.7 Å². The van der Waals surface area contributed by atoms with Crippen molar-refractivity contribution in [1.82, 2.24) is 5.32 Å². The Morgan fingerprint density at radius 3 is 2.32 bits per heavy atom. The van der Waals surface area contributed by atoms with Gasteiger partial charge in [-0.15, -0.1) is 0 Å². The number of carbonyl (C=O) groups is 2. The van der Waals surface area contributed by atoms with Gasteiger partial charge in [0.1, 0.15) is 0 Å². The summed E-state index contributed by atoms with van der Waals surface area (Å²) in [5.74, 6) is -0.545. The van der Waals surface area contributed by atoms with E-state index in [0.717, 1.165) is 11.1 Å². The Bertz CT molecular complexity index is 805. The van der Waals surface area contributed by atoms with Crippen LogP contribution < -0.4 is 10.6 Å². The first-order valence-corrected chi connectivity index (χ1v) is 9.54. The largest absolute Gasteiger partial charge is 0.374 e. The smallest absolute Gasteiger partial charge is 0.251 e. The van der Waals surface area contributed by atoms with Crippen LogP contribution in [0, 0.1) is 0 Å². The molecule has 0 saturated heterocycles. The zero-order valence-electron chi connectivity index (χ0n) is 17.3. The molecule has 5 nitrogen and oxygen atoms in total. The van der Waals surface area contributed by atoms with Crippen LogP contribution in [0.5, 0.6) is 0 Å². The molecule has 0 heterocycles. The Balaban J connectivity index is 1.86. The summed E-state index contributed by atoms with van der Waals surface area (Å²) in [6, 6.07) is 14.9. The highest BCUT2D eigenvalue weighted by molar-refractivity contribution is 5.99. The highest BCUT2D eigenvalue weighted by atomic mass is 16.5. The van der Waals surface area contributed by atoms with Crippen molar-refractivity contribution in [2.24, 2.45) is 0 Å². The zero-order valence-corrected chi connectivity index (χ0v) is 17.3. The van der Waals surface area contributed by atoms with E-state index in [1.165, 1.54) is 0 Å². The fraction of sp³-hybridized carbons (Fsp3) is 0.391. The van der Waals surface area contributed by atoms with Crippen LogP contribution in [0.4, 0.5) is 5.69 Å². The predicted molar refractivity (Wildman–Crippen MR) is 112 cm³/mol. The lowest BCUT2D eigenvalue weighted by atomic mass is 9.87. The van der Waals surface area contributed by atoms with E-state index in [9.17, 15) is 9.59 Å². The summed E-state index contributed by atoms with van der Waals surface area (Å²) in [7, 11) is 0. The first-order chi connectivity index (χ1) is 13.1. The molecule has 0 spiro atoms. The Kier molecular flexibility index (Phi) is 7.35. The lowest BCUT2D eigenvalue weighted by molar-refractivity contribution is -0.115. The maximum atomic E-state index is 12.3. The van der Waals surface area contributed by atoms with Crippen LogP contribution in [0.3, 0.4) is 0 Å². The summed E-state index contributed by atoms with van der Waals surface area (Å²) in [6.07, 6.45) is 0.144. The standard InChI is InChI=1S/C23H30N2O3/c1-16(2)28-15-17-7-6-8-20(13-17)25-21(26)14-24-22(27)18-9-11-19(12-10-18)23(3,4)5/h6-13,16H,14-15H2,1-5H3,(H,24,27)(H,25,26). The van der Waals surface area contributed by atoms with Gasteiger partial charge in [-0.2, -0.15) is 0 Å². The van der Waals surface area contributed by atoms with Gasteiger partial charge in [0, 0.05) is 11.3 Å².